The molecule has 3 aliphatic rings. The third kappa shape index (κ3) is 13.5. The molecule has 18 aromatic rings. The molecule has 0 atom stereocenters. The molecule has 4 aromatic heterocycles. The van der Waals surface area contributed by atoms with Crippen molar-refractivity contribution in [2.75, 3.05) is 9.80 Å². The summed E-state index contributed by atoms with van der Waals surface area (Å²) >= 11 is 6.23. The summed E-state index contributed by atoms with van der Waals surface area (Å²) in [5.41, 5.74) is 24.0. The fourth-order valence-electron chi connectivity index (χ4n) is 16.9. The van der Waals surface area contributed by atoms with Gasteiger partial charge in [-0.1, -0.05) is 254 Å². The summed E-state index contributed by atoms with van der Waals surface area (Å²) in [5, 5.41) is 5.14. The Balaban J connectivity index is 0.000000128. The average Bonchev–Trinajstić information content (AvgIpc) is 1.56. The number of aromatic nitrogens is 8. The number of nitrogens with zero attached hydrogens (tertiary/aromatic N) is 10. The molecular weight excluding hydrogens is 1460 g/mol. The minimum absolute atomic E-state index is 0. The van der Waals surface area contributed by atoms with Crippen LogP contribution >= 0.6 is 11.6 Å². The molecule has 570 valence electrons. The second-order valence-corrected chi connectivity index (χ2v) is 32.2. The Hall–Kier alpha value is -13.4. The molecule has 0 unspecified atom stereocenters. The maximum Gasteiger partial charge on any atom is 0.494 e. The molecule has 21 rings (SSSR count). The average molecular weight is 1540 g/mol. The number of anilines is 6. The fraction of sp³-hybridized carbons (Fsp3) is 0.126. The van der Waals surface area contributed by atoms with Gasteiger partial charge < -0.3 is 28.2 Å². The van der Waals surface area contributed by atoms with Crippen molar-refractivity contribution in [3.05, 3.63) is 379 Å². The minimum Gasteiger partial charge on any atom is -0.399 e. The molecule has 117 heavy (non-hydrogen) atoms. The smallest absolute Gasteiger partial charge is 0.399 e. The summed E-state index contributed by atoms with van der Waals surface area (Å²) in [7, 11) is -0.348. The zero-order valence-corrected chi connectivity index (χ0v) is 66.5. The SMILES string of the molecule is C.CC1(C)c2ccccc2N(c2ccc(-c3nc(-c4ccccc4)nc(-c4ccc(-n5c6ccccc6c6ccccc65)cc4)n3)cc2)c2ccccc21.CC1(C)c2ccccc2N(c2ccc(B3OC(C)(C)C(C)(C)O3)cc2)c2ccccc21.Clc1nc(-c2ccccc2)nc(-c2ccc(-n3c4ccccc4c4ccccc43)cc2)n1. The van der Waals surface area contributed by atoms with Gasteiger partial charge in [-0.05, 0) is 200 Å². The van der Waals surface area contributed by atoms with Crippen LogP contribution < -0.4 is 15.3 Å². The molecule has 0 amide bonds. The first-order chi connectivity index (χ1) is 56.4. The van der Waals surface area contributed by atoms with E-state index in [1.54, 1.807) is 0 Å². The van der Waals surface area contributed by atoms with Gasteiger partial charge in [0, 0.05) is 82.9 Å². The predicted molar refractivity (Wildman–Crippen MR) is 483 cm³/mol. The molecule has 0 saturated carbocycles. The van der Waals surface area contributed by atoms with Crippen molar-refractivity contribution in [2.24, 2.45) is 0 Å². The van der Waals surface area contributed by atoms with Gasteiger partial charge in [0.25, 0.3) is 0 Å². The number of hydrogen-bond donors (Lipinski definition) is 0. The third-order valence-corrected chi connectivity index (χ3v) is 23.7. The van der Waals surface area contributed by atoms with Crippen LogP contribution in [0, 0.1) is 0 Å². The number of benzene rings is 14. The van der Waals surface area contributed by atoms with E-state index in [-0.39, 0.29) is 41.9 Å². The summed E-state index contributed by atoms with van der Waals surface area (Å²) in [6.07, 6.45) is 0. The Morgan fingerprint density at radius 1 is 0.256 bits per heavy atom. The number of hydrogen-bond acceptors (Lipinski definition) is 10. The third-order valence-electron chi connectivity index (χ3n) is 23.6. The van der Waals surface area contributed by atoms with Gasteiger partial charge in [0.1, 0.15) is 0 Å². The Morgan fingerprint density at radius 2 is 0.496 bits per heavy atom. The number of fused-ring (bicyclic) bond motifs is 10. The van der Waals surface area contributed by atoms with E-state index >= 15 is 0 Å². The van der Waals surface area contributed by atoms with Gasteiger partial charge in [-0.3, -0.25) is 0 Å². The van der Waals surface area contributed by atoms with Crippen LogP contribution in [0.3, 0.4) is 0 Å². The summed E-state index contributed by atoms with van der Waals surface area (Å²) in [4.78, 5) is 33.1. The van der Waals surface area contributed by atoms with Gasteiger partial charge in [-0.25, -0.2) is 19.9 Å². The predicted octanol–water partition coefficient (Wildman–Crippen LogP) is 25.8. The van der Waals surface area contributed by atoms with E-state index in [2.05, 4.69) is 368 Å². The Kier molecular flexibility index (Phi) is 19.3. The van der Waals surface area contributed by atoms with Crippen LogP contribution in [0.15, 0.2) is 352 Å². The van der Waals surface area contributed by atoms with Crippen molar-refractivity contribution in [1.82, 2.24) is 39.0 Å². The van der Waals surface area contributed by atoms with E-state index in [9.17, 15) is 0 Å². The molecule has 12 nitrogen and oxygen atoms in total. The van der Waals surface area contributed by atoms with Crippen LogP contribution in [-0.4, -0.2) is 57.4 Å². The van der Waals surface area contributed by atoms with Crippen molar-refractivity contribution in [3.63, 3.8) is 0 Å². The fourth-order valence-corrected chi connectivity index (χ4v) is 17.0. The van der Waals surface area contributed by atoms with Crippen LogP contribution in [0.25, 0.3) is 112 Å². The van der Waals surface area contributed by atoms with Crippen LogP contribution in [-0.2, 0) is 20.1 Å². The lowest BCUT2D eigenvalue weighted by molar-refractivity contribution is 0.00578. The van der Waals surface area contributed by atoms with Crippen molar-refractivity contribution in [3.8, 4) is 68.3 Å². The van der Waals surface area contributed by atoms with Crippen LogP contribution in [0.2, 0.25) is 5.28 Å². The summed E-state index contributed by atoms with van der Waals surface area (Å²) in [6, 6.07) is 123. The second-order valence-electron chi connectivity index (χ2n) is 31.8. The molecule has 14 aromatic carbocycles. The number of rotatable bonds is 10. The second kappa shape index (κ2) is 30.1. The summed E-state index contributed by atoms with van der Waals surface area (Å²) in [6.45, 7) is 17.6. The summed E-state index contributed by atoms with van der Waals surface area (Å²) < 4.78 is 17.1. The zero-order chi connectivity index (χ0) is 79.0. The lowest BCUT2D eigenvalue weighted by Crippen LogP contribution is -2.41. The van der Waals surface area contributed by atoms with E-state index in [0.29, 0.717) is 29.1 Å². The lowest BCUT2D eigenvalue weighted by atomic mass is 9.73. The Labute approximate surface area is 688 Å². The van der Waals surface area contributed by atoms with Gasteiger partial charge in [-0.15, -0.1) is 0 Å². The van der Waals surface area contributed by atoms with Crippen molar-refractivity contribution in [1.29, 1.82) is 0 Å². The quantitative estimate of drug-likeness (QED) is 0.123. The van der Waals surface area contributed by atoms with Crippen LogP contribution in [0.1, 0.15) is 85.1 Å². The molecule has 0 radical (unpaired) electrons. The van der Waals surface area contributed by atoms with Gasteiger partial charge in [0.15, 0.2) is 29.1 Å². The van der Waals surface area contributed by atoms with Crippen LogP contribution in [0.5, 0.6) is 0 Å². The lowest BCUT2D eigenvalue weighted by Gasteiger charge is -2.42. The highest BCUT2D eigenvalue weighted by atomic mass is 35.5. The molecule has 7 heterocycles. The topological polar surface area (TPSA) is 112 Å². The minimum atomic E-state index is -0.348. The molecule has 3 aliphatic heterocycles. The van der Waals surface area contributed by atoms with E-state index in [1.807, 2.05) is 72.8 Å². The zero-order valence-electron chi connectivity index (χ0n) is 65.7. The number of halogens is 1. The van der Waals surface area contributed by atoms with Crippen molar-refractivity contribution in [2.45, 2.75) is 84.8 Å². The largest absolute Gasteiger partial charge is 0.494 e. The molecule has 1 saturated heterocycles. The monoisotopic (exact) mass is 1540 g/mol. The van der Waals surface area contributed by atoms with E-state index in [1.165, 1.54) is 88.6 Å². The Bertz CT molecular complexity index is 6520. The molecule has 0 aliphatic carbocycles. The highest BCUT2D eigenvalue weighted by Gasteiger charge is 2.52. The van der Waals surface area contributed by atoms with Crippen LogP contribution in [0.4, 0.5) is 34.1 Å². The number of para-hydroxylation sites is 8. The standard InChI is InChI=1S/C48H35N5.C27H30BNO2.C27H17ClN4.CH4/c1-48(2)39-18-8-12-22-43(39)53(44-23-13-9-19-40(44)48)36-30-26-34(27-31-36)47-50-45(32-14-4-3-5-15-32)49-46(51-47)33-24-28-35(29-25-33)52-41-20-10-6-16-37(41)38-17-7-11-21-42(38)52;1-25(2)21-11-7-9-13-23(21)29(24-14-10-8-12-22(24)25)20-17-15-19(16-18-20)28-30-26(3,4)27(5,6)31-28;28-27-30-25(18-8-2-1-3-9-18)29-26(31-27)19-14-16-20(17-15-19)32-23-12-6-4-10-21(23)22-11-5-7-13-24(22)32;/h3-31H,1-2H3;7-18H,1-6H3;1-17H;1H4. The Morgan fingerprint density at radius 3 is 0.803 bits per heavy atom. The first kappa shape index (κ1) is 75.0. The molecular formula is C103H86BClN10O2. The first-order valence-corrected chi connectivity index (χ1v) is 39.8. The van der Waals surface area contributed by atoms with Crippen molar-refractivity contribution < 1.29 is 9.31 Å². The van der Waals surface area contributed by atoms with Crippen molar-refractivity contribution >= 4 is 102 Å². The normalized spacial score (nSPS) is 14.5. The van der Waals surface area contributed by atoms with Gasteiger partial charge >= 0.3 is 7.12 Å². The molecule has 1 fully saturated rings. The van der Waals surface area contributed by atoms with Gasteiger partial charge in [0.2, 0.25) is 5.28 Å². The maximum absolute atomic E-state index is 6.24. The highest BCUT2D eigenvalue weighted by Crippen LogP contribution is 2.54. The van der Waals surface area contributed by atoms with Gasteiger partial charge in [0.05, 0.1) is 56.0 Å². The molecule has 0 bridgehead atoms. The maximum atomic E-state index is 6.24. The highest BCUT2D eigenvalue weighted by molar-refractivity contribution is 6.62. The molecule has 0 spiro atoms. The van der Waals surface area contributed by atoms with E-state index in [4.69, 9.17) is 35.9 Å². The molecule has 0 N–H and O–H groups in total. The van der Waals surface area contributed by atoms with E-state index in [0.717, 1.165) is 56.0 Å². The van der Waals surface area contributed by atoms with E-state index < -0.39 is 0 Å². The molecule has 14 heteroatoms. The first-order valence-electron chi connectivity index (χ1n) is 39.4. The summed E-state index contributed by atoms with van der Waals surface area (Å²) in [5.74, 6) is 3.02. The van der Waals surface area contributed by atoms with Gasteiger partial charge in [-0.2, -0.15) is 9.97 Å².